The number of nitrogens with one attached hydrogen (secondary N) is 1. The first kappa shape index (κ1) is 15.1. The summed E-state index contributed by atoms with van der Waals surface area (Å²) in [5, 5.41) is 17.7. The van der Waals surface area contributed by atoms with Crippen molar-refractivity contribution in [3.63, 3.8) is 0 Å². The van der Waals surface area contributed by atoms with Crippen molar-refractivity contribution in [2.45, 2.75) is 47.2 Å². The summed E-state index contributed by atoms with van der Waals surface area (Å²) in [6.07, 6.45) is 0. The van der Waals surface area contributed by atoms with Crippen LogP contribution in [0.3, 0.4) is 0 Å². The highest BCUT2D eigenvalue weighted by molar-refractivity contribution is 5.76. The molecule has 1 rings (SSSR count). The first-order valence-electron chi connectivity index (χ1n) is 6.21. The molecule has 0 radical (unpaired) electrons. The van der Waals surface area contributed by atoms with E-state index in [1.54, 1.807) is 13.8 Å². The van der Waals surface area contributed by atoms with Crippen LogP contribution in [0.2, 0.25) is 0 Å². The van der Waals surface area contributed by atoms with E-state index in [1.807, 2.05) is 20.8 Å². The van der Waals surface area contributed by atoms with Crippen LogP contribution in [-0.2, 0) is 11.3 Å². The van der Waals surface area contributed by atoms with Crippen molar-refractivity contribution in [2.75, 3.05) is 0 Å². The van der Waals surface area contributed by atoms with Crippen LogP contribution in [0.1, 0.15) is 32.2 Å². The van der Waals surface area contributed by atoms with E-state index in [0.717, 1.165) is 0 Å². The predicted molar refractivity (Wildman–Crippen MR) is 70.8 cm³/mol. The molecule has 0 aliphatic heterocycles. The first-order valence-corrected chi connectivity index (χ1v) is 6.21. The standard InChI is InChI=1S/C12H20N4O3/c1-7(2)8(3)13-11(17)6-15-10(5)12(16(18)19)9(4)14-15/h7-8H,6H2,1-5H3,(H,13,17)/t8-/m1/s1. The lowest BCUT2D eigenvalue weighted by Gasteiger charge is -2.17. The molecule has 1 heterocycles. The fourth-order valence-corrected chi connectivity index (χ4v) is 1.71. The molecule has 0 saturated heterocycles. The van der Waals surface area contributed by atoms with Crippen molar-refractivity contribution < 1.29 is 9.72 Å². The minimum Gasteiger partial charge on any atom is -0.352 e. The summed E-state index contributed by atoms with van der Waals surface area (Å²) in [6.45, 7) is 9.11. The Hall–Kier alpha value is -1.92. The molecule has 0 aromatic carbocycles. The number of carbonyl (C=O) groups is 1. The number of rotatable bonds is 5. The van der Waals surface area contributed by atoms with Gasteiger partial charge in [0, 0.05) is 6.04 Å². The summed E-state index contributed by atoms with van der Waals surface area (Å²) < 4.78 is 1.37. The van der Waals surface area contributed by atoms with Crippen molar-refractivity contribution in [1.29, 1.82) is 0 Å². The summed E-state index contributed by atoms with van der Waals surface area (Å²) in [5.41, 5.74) is 0.701. The number of carbonyl (C=O) groups excluding carboxylic acids is 1. The fourth-order valence-electron chi connectivity index (χ4n) is 1.71. The molecule has 1 aromatic heterocycles. The summed E-state index contributed by atoms with van der Waals surface area (Å²) >= 11 is 0. The van der Waals surface area contributed by atoms with Gasteiger partial charge in [0.25, 0.3) is 0 Å². The van der Waals surface area contributed by atoms with Gasteiger partial charge < -0.3 is 5.32 Å². The SMILES string of the molecule is Cc1nn(CC(=O)N[C@H](C)C(C)C)c(C)c1[N+](=O)[O-]. The number of aryl methyl sites for hydroxylation is 1. The molecular weight excluding hydrogens is 248 g/mol. The van der Waals surface area contributed by atoms with E-state index in [4.69, 9.17) is 0 Å². The van der Waals surface area contributed by atoms with Gasteiger partial charge in [-0.25, -0.2) is 0 Å². The van der Waals surface area contributed by atoms with Gasteiger partial charge in [0.15, 0.2) is 0 Å². The van der Waals surface area contributed by atoms with E-state index in [9.17, 15) is 14.9 Å². The Morgan fingerprint density at radius 1 is 1.42 bits per heavy atom. The van der Waals surface area contributed by atoms with Gasteiger partial charge >= 0.3 is 5.69 Å². The molecule has 0 saturated carbocycles. The molecule has 7 heteroatoms. The second-order valence-electron chi connectivity index (χ2n) is 5.03. The Labute approximate surface area is 112 Å². The molecule has 0 fully saturated rings. The second-order valence-corrected chi connectivity index (χ2v) is 5.03. The molecule has 0 unspecified atom stereocenters. The van der Waals surface area contributed by atoms with Gasteiger partial charge in [-0.2, -0.15) is 5.10 Å². The topological polar surface area (TPSA) is 90.1 Å². The maximum absolute atomic E-state index is 11.8. The van der Waals surface area contributed by atoms with Crippen LogP contribution in [0.5, 0.6) is 0 Å². The van der Waals surface area contributed by atoms with Crippen LogP contribution in [0.25, 0.3) is 0 Å². The van der Waals surface area contributed by atoms with E-state index < -0.39 is 4.92 Å². The zero-order chi connectivity index (χ0) is 14.7. The molecular formula is C12H20N4O3. The van der Waals surface area contributed by atoms with Gasteiger partial charge in [-0.1, -0.05) is 13.8 Å². The smallest absolute Gasteiger partial charge is 0.312 e. The lowest BCUT2D eigenvalue weighted by atomic mass is 10.1. The summed E-state index contributed by atoms with van der Waals surface area (Å²) in [7, 11) is 0. The Morgan fingerprint density at radius 3 is 2.42 bits per heavy atom. The monoisotopic (exact) mass is 268 g/mol. The average Bonchev–Trinajstić information content (AvgIpc) is 2.53. The number of hydrogen-bond donors (Lipinski definition) is 1. The average molecular weight is 268 g/mol. The van der Waals surface area contributed by atoms with Gasteiger partial charge in [-0.05, 0) is 26.7 Å². The van der Waals surface area contributed by atoms with Crippen LogP contribution in [-0.4, -0.2) is 26.7 Å². The normalized spacial score (nSPS) is 12.5. The molecule has 7 nitrogen and oxygen atoms in total. The summed E-state index contributed by atoms with van der Waals surface area (Å²) in [5.74, 6) is 0.139. The minimum atomic E-state index is -0.469. The number of nitrogens with zero attached hydrogens (tertiary/aromatic N) is 3. The Balaban J connectivity index is 2.81. The van der Waals surface area contributed by atoms with Crippen molar-refractivity contribution in [2.24, 2.45) is 5.92 Å². The van der Waals surface area contributed by atoms with E-state index >= 15 is 0 Å². The fraction of sp³-hybridized carbons (Fsp3) is 0.667. The van der Waals surface area contributed by atoms with Crippen molar-refractivity contribution in [3.05, 3.63) is 21.5 Å². The van der Waals surface area contributed by atoms with Crippen LogP contribution in [0.15, 0.2) is 0 Å². The third-order valence-corrected chi connectivity index (χ3v) is 3.21. The van der Waals surface area contributed by atoms with Crippen molar-refractivity contribution in [3.8, 4) is 0 Å². The molecule has 1 N–H and O–H groups in total. The Kier molecular flexibility index (Phi) is 4.63. The second kappa shape index (κ2) is 5.81. The molecule has 1 aromatic rings. The van der Waals surface area contributed by atoms with E-state index in [1.165, 1.54) is 4.68 Å². The molecule has 106 valence electrons. The number of aromatic nitrogens is 2. The molecule has 0 aliphatic carbocycles. The number of hydrogen-bond acceptors (Lipinski definition) is 4. The Morgan fingerprint density at radius 2 is 2.00 bits per heavy atom. The molecule has 0 aliphatic rings. The van der Waals surface area contributed by atoms with Gasteiger partial charge in [-0.15, -0.1) is 0 Å². The van der Waals surface area contributed by atoms with Gasteiger partial charge in [0.1, 0.15) is 17.9 Å². The molecule has 0 bridgehead atoms. The van der Waals surface area contributed by atoms with E-state index in [2.05, 4.69) is 10.4 Å². The van der Waals surface area contributed by atoms with Crippen molar-refractivity contribution in [1.82, 2.24) is 15.1 Å². The summed E-state index contributed by atoms with van der Waals surface area (Å²) in [4.78, 5) is 22.2. The highest BCUT2D eigenvalue weighted by atomic mass is 16.6. The number of nitro groups is 1. The molecule has 1 amide bonds. The highest BCUT2D eigenvalue weighted by Crippen LogP contribution is 2.21. The largest absolute Gasteiger partial charge is 0.352 e. The third kappa shape index (κ3) is 3.52. The Bertz CT molecular complexity index is 493. The maximum Gasteiger partial charge on any atom is 0.312 e. The van der Waals surface area contributed by atoms with Gasteiger partial charge in [-0.3, -0.25) is 19.6 Å². The van der Waals surface area contributed by atoms with Gasteiger partial charge in [0.2, 0.25) is 5.91 Å². The first-order chi connectivity index (χ1) is 8.73. The lowest BCUT2D eigenvalue weighted by molar-refractivity contribution is -0.386. The van der Waals surface area contributed by atoms with E-state index in [-0.39, 0.29) is 24.2 Å². The van der Waals surface area contributed by atoms with Crippen LogP contribution < -0.4 is 5.32 Å². The zero-order valence-corrected chi connectivity index (χ0v) is 11.9. The lowest BCUT2D eigenvalue weighted by Crippen LogP contribution is -2.38. The third-order valence-electron chi connectivity index (χ3n) is 3.21. The van der Waals surface area contributed by atoms with E-state index in [0.29, 0.717) is 17.3 Å². The van der Waals surface area contributed by atoms with Crippen LogP contribution in [0.4, 0.5) is 5.69 Å². The zero-order valence-electron chi connectivity index (χ0n) is 11.9. The maximum atomic E-state index is 11.8. The quantitative estimate of drug-likeness (QED) is 0.648. The number of amides is 1. The molecule has 1 atom stereocenters. The predicted octanol–water partition coefficient (Wildman–Crippen LogP) is 1.57. The molecule has 0 spiro atoms. The van der Waals surface area contributed by atoms with Gasteiger partial charge in [0.05, 0.1) is 4.92 Å². The summed E-state index contributed by atoms with van der Waals surface area (Å²) in [6, 6.07) is 0.0550. The molecule has 19 heavy (non-hydrogen) atoms. The van der Waals surface area contributed by atoms with Crippen LogP contribution >= 0.6 is 0 Å². The van der Waals surface area contributed by atoms with Crippen LogP contribution in [0, 0.1) is 29.9 Å². The van der Waals surface area contributed by atoms with Crippen molar-refractivity contribution >= 4 is 11.6 Å². The minimum absolute atomic E-state index is 0.00241. The highest BCUT2D eigenvalue weighted by Gasteiger charge is 2.23.